The van der Waals surface area contributed by atoms with Gasteiger partial charge in [-0.05, 0) is 25.3 Å². The van der Waals surface area contributed by atoms with Crippen molar-refractivity contribution in [1.29, 1.82) is 0 Å². The molecule has 5 nitrogen and oxygen atoms in total. The number of nitrogens with zero attached hydrogens (tertiary/aromatic N) is 2. The van der Waals surface area contributed by atoms with E-state index in [0.717, 1.165) is 21.8 Å². The Labute approximate surface area is 128 Å². The standard InChI is InChI=1S/C15H18N4OS/c1-10-14(11(2)19(3)18-10)15(20)17-9-13-12(5-4-7-16)6-8-21-13/h6,8H,7,9,16H2,1-3H3,(H,17,20). The Kier molecular flexibility index (Phi) is 4.78. The maximum atomic E-state index is 12.3. The van der Waals surface area contributed by atoms with Gasteiger partial charge >= 0.3 is 0 Å². The molecule has 0 radical (unpaired) electrons. The van der Waals surface area contributed by atoms with Gasteiger partial charge in [-0.3, -0.25) is 9.48 Å². The van der Waals surface area contributed by atoms with E-state index in [2.05, 4.69) is 22.3 Å². The van der Waals surface area contributed by atoms with Gasteiger partial charge in [-0.2, -0.15) is 5.10 Å². The molecule has 1 amide bonds. The van der Waals surface area contributed by atoms with Gasteiger partial charge in [-0.1, -0.05) is 11.8 Å². The monoisotopic (exact) mass is 302 g/mol. The van der Waals surface area contributed by atoms with E-state index >= 15 is 0 Å². The smallest absolute Gasteiger partial charge is 0.255 e. The normalized spacial score (nSPS) is 10.1. The summed E-state index contributed by atoms with van der Waals surface area (Å²) in [7, 11) is 1.83. The second-order valence-electron chi connectivity index (χ2n) is 4.62. The first kappa shape index (κ1) is 15.3. The maximum absolute atomic E-state index is 12.3. The van der Waals surface area contributed by atoms with E-state index in [1.807, 2.05) is 32.3 Å². The predicted octanol–water partition coefficient (Wildman–Crippen LogP) is 1.34. The molecule has 2 aromatic rings. The fourth-order valence-corrected chi connectivity index (χ4v) is 2.86. The van der Waals surface area contributed by atoms with E-state index < -0.39 is 0 Å². The summed E-state index contributed by atoms with van der Waals surface area (Å²) in [6, 6.07) is 1.94. The zero-order valence-corrected chi connectivity index (χ0v) is 13.2. The first-order chi connectivity index (χ1) is 10.0. The Hall–Kier alpha value is -2.10. The number of nitrogens with two attached hydrogens (primary N) is 1. The number of hydrogen-bond acceptors (Lipinski definition) is 4. The average molecular weight is 302 g/mol. The fourth-order valence-electron chi connectivity index (χ4n) is 2.09. The number of hydrogen-bond donors (Lipinski definition) is 2. The average Bonchev–Trinajstić information content (AvgIpc) is 2.99. The van der Waals surface area contributed by atoms with Crippen LogP contribution in [0.2, 0.25) is 0 Å². The number of nitrogens with one attached hydrogen (secondary N) is 1. The fraction of sp³-hybridized carbons (Fsp3) is 0.333. The molecule has 2 aromatic heterocycles. The van der Waals surface area contributed by atoms with Crippen LogP contribution in [-0.2, 0) is 13.6 Å². The summed E-state index contributed by atoms with van der Waals surface area (Å²) in [6.45, 7) is 4.51. The Bertz CT molecular complexity index is 718. The van der Waals surface area contributed by atoms with Gasteiger partial charge < -0.3 is 11.1 Å². The second kappa shape index (κ2) is 6.57. The summed E-state index contributed by atoms with van der Waals surface area (Å²) in [5, 5.41) is 9.15. The minimum Gasteiger partial charge on any atom is -0.347 e. The minimum atomic E-state index is -0.107. The summed E-state index contributed by atoms with van der Waals surface area (Å²) in [5.41, 5.74) is 8.54. The molecule has 0 saturated heterocycles. The third kappa shape index (κ3) is 3.32. The largest absolute Gasteiger partial charge is 0.347 e. The third-order valence-corrected chi connectivity index (χ3v) is 4.14. The summed E-state index contributed by atoms with van der Waals surface area (Å²) in [5.74, 6) is 5.73. The molecular weight excluding hydrogens is 284 g/mol. The molecule has 0 aliphatic rings. The van der Waals surface area contributed by atoms with Gasteiger partial charge in [-0.25, -0.2) is 0 Å². The van der Waals surface area contributed by atoms with Crippen molar-refractivity contribution in [3.63, 3.8) is 0 Å². The Balaban J connectivity index is 2.10. The molecular formula is C15H18N4OS. The highest BCUT2D eigenvalue weighted by Crippen LogP contribution is 2.16. The van der Waals surface area contributed by atoms with Crippen molar-refractivity contribution in [2.75, 3.05) is 6.54 Å². The molecule has 21 heavy (non-hydrogen) atoms. The quantitative estimate of drug-likeness (QED) is 0.840. The van der Waals surface area contributed by atoms with E-state index in [1.54, 1.807) is 16.0 Å². The molecule has 0 fully saturated rings. The van der Waals surface area contributed by atoms with Gasteiger partial charge in [0.1, 0.15) is 0 Å². The van der Waals surface area contributed by atoms with Crippen LogP contribution < -0.4 is 11.1 Å². The van der Waals surface area contributed by atoms with Gasteiger partial charge in [0.05, 0.1) is 24.3 Å². The number of carbonyl (C=O) groups is 1. The Morgan fingerprint density at radius 1 is 1.52 bits per heavy atom. The van der Waals surface area contributed by atoms with Gasteiger partial charge in [-0.15, -0.1) is 11.3 Å². The SMILES string of the molecule is Cc1nn(C)c(C)c1C(=O)NCc1sccc1C#CCN. The van der Waals surface area contributed by atoms with Crippen molar-refractivity contribution in [2.45, 2.75) is 20.4 Å². The number of amides is 1. The molecule has 6 heteroatoms. The van der Waals surface area contributed by atoms with E-state index in [4.69, 9.17) is 5.73 Å². The molecule has 110 valence electrons. The lowest BCUT2D eigenvalue weighted by atomic mass is 10.2. The molecule has 0 bridgehead atoms. The van der Waals surface area contributed by atoms with Crippen LogP contribution >= 0.6 is 11.3 Å². The highest BCUT2D eigenvalue weighted by molar-refractivity contribution is 7.10. The van der Waals surface area contributed by atoms with Crippen LogP contribution in [0.25, 0.3) is 0 Å². The molecule has 0 aromatic carbocycles. The third-order valence-electron chi connectivity index (χ3n) is 3.22. The lowest BCUT2D eigenvalue weighted by molar-refractivity contribution is 0.0950. The molecule has 0 aliphatic carbocycles. The number of carbonyl (C=O) groups excluding carboxylic acids is 1. The molecule has 0 aliphatic heterocycles. The van der Waals surface area contributed by atoms with Crippen molar-refractivity contribution in [3.8, 4) is 11.8 Å². The number of aryl methyl sites for hydroxylation is 2. The van der Waals surface area contributed by atoms with Gasteiger partial charge in [0.2, 0.25) is 0 Å². The number of aromatic nitrogens is 2. The lowest BCUT2D eigenvalue weighted by Crippen LogP contribution is -2.24. The van der Waals surface area contributed by atoms with E-state index in [-0.39, 0.29) is 5.91 Å². The first-order valence-corrected chi connectivity index (χ1v) is 7.46. The summed E-state index contributed by atoms with van der Waals surface area (Å²) in [4.78, 5) is 13.3. The molecule has 0 spiro atoms. The van der Waals surface area contributed by atoms with Crippen molar-refractivity contribution in [1.82, 2.24) is 15.1 Å². The molecule has 2 rings (SSSR count). The van der Waals surface area contributed by atoms with E-state index in [1.165, 1.54) is 0 Å². The highest BCUT2D eigenvalue weighted by atomic mass is 32.1. The summed E-state index contributed by atoms with van der Waals surface area (Å²) < 4.78 is 1.72. The first-order valence-electron chi connectivity index (χ1n) is 6.58. The minimum absolute atomic E-state index is 0.107. The van der Waals surface area contributed by atoms with Crippen molar-refractivity contribution in [2.24, 2.45) is 12.8 Å². The maximum Gasteiger partial charge on any atom is 0.255 e. The molecule has 3 N–H and O–H groups in total. The molecule has 0 saturated carbocycles. The van der Waals surface area contributed by atoms with Crippen molar-refractivity contribution in [3.05, 3.63) is 38.8 Å². The Morgan fingerprint density at radius 2 is 2.29 bits per heavy atom. The zero-order valence-electron chi connectivity index (χ0n) is 12.4. The van der Waals surface area contributed by atoms with Crippen LogP contribution in [0.1, 0.15) is 32.2 Å². The molecule has 2 heterocycles. The molecule has 0 unspecified atom stereocenters. The van der Waals surface area contributed by atoms with Crippen LogP contribution in [0.15, 0.2) is 11.4 Å². The van der Waals surface area contributed by atoms with Crippen LogP contribution in [0.4, 0.5) is 0 Å². The summed E-state index contributed by atoms with van der Waals surface area (Å²) in [6.07, 6.45) is 0. The second-order valence-corrected chi connectivity index (χ2v) is 5.62. The van der Waals surface area contributed by atoms with Crippen molar-refractivity contribution < 1.29 is 4.79 Å². The number of rotatable bonds is 3. The van der Waals surface area contributed by atoms with Gasteiger partial charge in [0.15, 0.2) is 0 Å². The van der Waals surface area contributed by atoms with Crippen LogP contribution in [0, 0.1) is 25.7 Å². The van der Waals surface area contributed by atoms with Gasteiger partial charge in [0, 0.05) is 23.2 Å². The van der Waals surface area contributed by atoms with Crippen LogP contribution in [-0.4, -0.2) is 22.2 Å². The predicted molar refractivity (Wildman–Crippen MR) is 84.1 cm³/mol. The summed E-state index contributed by atoms with van der Waals surface area (Å²) >= 11 is 1.57. The molecule has 0 atom stereocenters. The number of thiophene rings is 1. The van der Waals surface area contributed by atoms with Crippen LogP contribution in [0.3, 0.4) is 0 Å². The lowest BCUT2D eigenvalue weighted by Gasteiger charge is -2.05. The highest BCUT2D eigenvalue weighted by Gasteiger charge is 2.17. The topological polar surface area (TPSA) is 72.9 Å². The van der Waals surface area contributed by atoms with E-state index in [9.17, 15) is 4.79 Å². The van der Waals surface area contributed by atoms with Crippen LogP contribution in [0.5, 0.6) is 0 Å². The van der Waals surface area contributed by atoms with E-state index in [0.29, 0.717) is 18.7 Å². The zero-order chi connectivity index (χ0) is 15.4. The Morgan fingerprint density at radius 3 is 2.90 bits per heavy atom. The van der Waals surface area contributed by atoms with Crippen molar-refractivity contribution >= 4 is 17.2 Å². The van der Waals surface area contributed by atoms with Gasteiger partial charge in [0.25, 0.3) is 5.91 Å².